The Hall–Kier alpha value is -1.38. The number of methoxy groups -OCH3 is 1. The van der Waals surface area contributed by atoms with Crippen LogP contribution < -0.4 is 5.32 Å². The molecule has 0 aromatic carbocycles. The van der Waals surface area contributed by atoms with Crippen LogP contribution in [0, 0.1) is 11.3 Å². The number of thiophene rings is 1. The first kappa shape index (κ1) is 10.7. The number of carbonyl (C=O) groups excluding carboxylic acids is 1. The average molecular weight is 210 g/mol. The van der Waals surface area contributed by atoms with Gasteiger partial charge in [-0.2, -0.15) is 5.26 Å². The van der Waals surface area contributed by atoms with Crippen molar-refractivity contribution in [3.8, 4) is 6.07 Å². The van der Waals surface area contributed by atoms with Crippen molar-refractivity contribution in [2.75, 3.05) is 13.7 Å². The van der Waals surface area contributed by atoms with Crippen molar-refractivity contribution in [3.05, 3.63) is 21.9 Å². The van der Waals surface area contributed by atoms with Crippen LogP contribution in [0.4, 0.5) is 0 Å². The van der Waals surface area contributed by atoms with E-state index in [9.17, 15) is 4.79 Å². The zero-order valence-electron chi connectivity index (χ0n) is 7.74. The van der Waals surface area contributed by atoms with Crippen LogP contribution in [0.15, 0.2) is 11.4 Å². The minimum Gasteiger partial charge on any atom is -0.468 e. The van der Waals surface area contributed by atoms with Gasteiger partial charge in [0, 0.05) is 6.54 Å². The molecule has 0 aliphatic rings. The first-order chi connectivity index (χ1) is 6.76. The van der Waals surface area contributed by atoms with Crippen LogP contribution in [0.5, 0.6) is 0 Å². The molecule has 14 heavy (non-hydrogen) atoms. The number of hydrogen-bond acceptors (Lipinski definition) is 5. The highest BCUT2D eigenvalue weighted by molar-refractivity contribution is 7.10. The van der Waals surface area contributed by atoms with Gasteiger partial charge in [0.15, 0.2) is 0 Å². The van der Waals surface area contributed by atoms with E-state index in [4.69, 9.17) is 5.26 Å². The standard InChI is InChI=1S/C9H10N2O2S/c1-13-9(12)5-11-4-7-2-8(3-10)14-6-7/h2,6,11H,4-5H2,1H3. The summed E-state index contributed by atoms with van der Waals surface area (Å²) in [6.07, 6.45) is 0. The molecule has 5 heteroatoms. The highest BCUT2D eigenvalue weighted by Gasteiger charge is 2.01. The van der Waals surface area contributed by atoms with Gasteiger partial charge in [0.05, 0.1) is 13.7 Å². The van der Waals surface area contributed by atoms with Crippen LogP contribution in [0.3, 0.4) is 0 Å². The van der Waals surface area contributed by atoms with E-state index in [1.165, 1.54) is 18.4 Å². The number of hydrogen-bond donors (Lipinski definition) is 1. The number of rotatable bonds is 4. The molecule has 0 aliphatic heterocycles. The molecule has 0 amide bonds. The molecule has 1 heterocycles. The van der Waals surface area contributed by atoms with Gasteiger partial charge >= 0.3 is 5.97 Å². The number of nitriles is 1. The van der Waals surface area contributed by atoms with Crippen LogP contribution in [0.2, 0.25) is 0 Å². The third kappa shape index (κ3) is 3.17. The lowest BCUT2D eigenvalue weighted by atomic mass is 10.3. The Labute approximate surface area is 86.1 Å². The van der Waals surface area contributed by atoms with Gasteiger partial charge < -0.3 is 10.1 Å². The third-order valence-electron chi connectivity index (χ3n) is 1.59. The molecule has 4 nitrogen and oxygen atoms in total. The summed E-state index contributed by atoms with van der Waals surface area (Å²) in [7, 11) is 1.35. The van der Waals surface area contributed by atoms with Crippen LogP contribution in [-0.4, -0.2) is 19.6 Å². The summed E-state index contributed by atoms with van der Waals surface area (Å²) in [6, 6.07) is 3.86. The quantitative estimate of drug-likeness (QED) is 0.749. The fourth-order valence-electron chi connectivity index (χ4n) is 0.908. The molecule has 0 bridgehead atoms. The first-order valence-electron chi connectivity index (χ1n) is 4.01. The SMILES string of the molecule is COC(=O)CNCc1csc(C#N)c1. The zero-order valence-corrected chi connectivity index (χ0v) is 8.56. The van der Waals surface area contributed by atoms with Gasteiger partial charge in [-0.3, -0.25) is 4.79 Å². The molecule has 74 valence electrons. The monoisotopic (exact) mass is 210 g/mol. The number of carbonyl (C=O) groups is 1. The summed E-state index contributed by atoms with van der Waals surface area (Å²) in [4.78, 5) is 11.4. The second-order valence-corrected chi connectivity index (χ2v) is 3.52. The van der Waals surface area contributed by atoms with Crippen LogP contribution >= 0.6 is 11.3 Å². The molecule has 1 N–H and O–H groups in total. The van der Waals surface area contributed by atoms with Crippen LogP contribution in [0.1, 0.15) is 10.4 Å². The highest BCUT2D eigenvalue weighted by atomic mass is 32.1. The molecule has 0 atom stereocenters. The molecular weight excluding hydrogens is 200 g/mol. The van der Waals surface area contributed by atoms with E-state index in [0.717, 1.165) is 5.56 Å². The second kappa shape index (κ2) is 5.37. The smallest absolute Gasteiger partial charge is 0.319 e. The topological polar surface area (TPSA) is 62.1 Å². The molecule has 0 fully saturated rings. The lowest BCUT2D eigenvalue weighted by Crippen LogP contribution is -2.23. The molecule has 0 radical (unpaired) electrons. The first-order valence-corrected chi connectivity index (χ1v) is 4.89. The predicted octanol–water partition coefficient (Wildman–Crippen LogP) is 0.882. The van der Waals surface area contributed by atoms with Gasteiger partial charge in [-0.15, -0.1) is 11.3 Å². The van der Waals surface area contributed by atoms with Crippen molar-refractivity contribution < 1.29 is 9.53 Å². The van der Waals surface area contributed by atoms with Gasteiger partial charge in [0.2, 0.25) is 0 Å². The third-order valence-corrected chi connectivity index (χ3v) is 2.47. The largest absolute Gasteiger partial charge is 0.468 e. The lowest BCUT2D eigenvalue weighted by molar-refractivity contribution is -0.139. The van der Waals surface area contributed by atoms with Crippen molar-refractivity contribution in [1.82, 2.24) is 5.32 Å². The summed E-state index contributed by atoms with van der Waals surface area (Å²) in [5.41, 5.74) is 1.01. The van der Waals surface area contributed by atoms with Gasteiger partial charge in [0.25, 0.3) is 0 Å². The van der Waals surface area contributed by atoms with Gasteiger partial charge in [-0.25, -0.2) is 0 Å². The fraction of sp³-hybridized carbons (Fsp3) is 0.333. The predicted molar refractivity (Wildman–Crippen MR) is 52.8 cm³/mol. The Bertz CT molecular complexity index is 354. The summed E-state index contributed by atoms with van der Waals surface area (Å²) in [6.45, 7) is 0.765. The van der Waals surface area contributed by atoms with Gasteiger partial charge in [-0.05, 0) is 17.0 Å². The summed E-state index contributed by atoms with van der Waals surface area (Å²) in [5, 5.41) is 13.4. The van der Waals surface area contributed by atoms with E-state index in [1.54, 1.807) is 6.07 Å². The van der Waals surface area contributed by atoms with Crippen molar-refractivity contribution in [2.24, 2.45) is 0 Å². The maximum Gasteiger partial charge on any atom is 0.319 e. The summed E-state index contributed by atoms with van der Waals surface area (Å²) < 4.78 is 4.46. The Kier molecular flexibility index (Phi) is 4.11. The maximum atomic E-state index is 10.7. The molecule has 1 rings (SSSR count). The van der Waals surface area contributed by atoms with Crippen LogP contribution in [0.25, 0.3) is 0 Å². The summed E-state index contributed by atoms with van der Waals surface area (Å²) in [5.74, 6) is -0.291. The van der Waals surface area contributed by atoms with Crippen molar-refractivity contribution in [1.29, 1.82) is 5.26 Å². The zero-order chi connectivity index (χ0) is 10.4. The van der Waals surface area contributed by atoms with E-state index in [1.807, 2.05) is 5.38 Å². The Morgan fingerprint density at radius 1 is 1.79 bits per heavy atom. The molecule has 0 aliphatic carbocycles. The average Bonchev–Trinajstić information content (AvgIpc) is 2.65. The van der Waals surface area contributed by atoms with Gasteiger partial charge in [0.1, 0.15) is 10.9 Å². The van der Waals surface area contributed by atoms with Crippen molar-refractivity contribution in [3.63, 3.8) is 0 Å². The van der Waals surface area contributed by atoms with Crippen LogP contribution in [-0.2, 0) is 16.1 Å². The highest BCUT2D eigenvalue weighted by Crippen LogP contribution is 2.12. The number of nitrogens with one attached hydrogen (secondary N) is 1. The minimum atomic E-state index is -0.291. The van der Waals surface area contributed by atoms with E-state index >= 15 is 0 Å². The molecule has 0 saturated heterocycles. The molecule has 1 aromatic rings. The fourth-order valence-corrected chi connectivity index (χ4v) is 1.61. The van der Waals surface area contributed by atoms with Gasteiger partial charge in [-0.1, -0.05) is 0 Å². The van der Waals surface area contributed by atoms with Crippen molar-refractivity contribution in [2.45, 2.75) is 6.54 Å². The van der Waals surface area contributed by atoms with E-state index in [0.29, 0.717) is 11.4 Å². The van der Waals surface area contributed by atoms with E-state index in [2.05, 4.69) is 16.1 Å². The molecule has 0 unspecified atom stereocenters. The Morgan fingerprint density at radius 3 is 3.14 bits per heavy atom. The Balaban J connectivity index is 2.32. The molecule has 1 aromatic heterocycles. The number of esters is 1. The Morgan fingerprint density at radius 2 is 2.57 bits per heavy atom. The number of ether oxygens (including phenoxy) is 1. The summed E-state index contributed by atoms with van der Waals surface area (Å²) >= 11 is 1.40. The second-order valence-electron chi connectivity index (χ2n) is 2.61. The minimum absolute atomic E-state index is 0.189. The molecular formula is C9H10N2O2S. The normalized spacial score (nSPS) is 9.43. The molecule has 0 spiro atoms. The maximum absolute atomic E-state index is 10.7. The van der Waals surface area contributed by atoms with E-state index in [-0.39, 0.29) is 12.5 Å². The molecule has 0 saturated carbocycles. The van der Waals surface area contributed by atoms with E-state index < -0.39 is 0 Å². The lowest BCUT2D eigenvalue weighted by Gasteiger charge is -2.00. The number of nitrogens with zero attached hydrogens (tertiary/aromatic N) is 1. The van der Waals surface area contributed by atoms with Crippen molar-refractivity contribution >= 4 is 17.3 Å².